The normalized spacial score (nSPS) is 24.4. The van der Waals surface area contributed by atoms with Gasteiger partial charge in [-0.05, 0) is 53.8 Å². The van der Waals surface area contributed by atoms with E-state index in [9.17, 15) is 15.0 Å². The van der Waals surface area contributed by atoms with Crippen molar-refractivity contribution in [1.82, 2.24) is 9.80 Å². The number of fused-ring (bicyclic) bond motifs is 3. The number of hydrogen-bond acceptors (Lipinski definition) is 11. The molecule has 3 saturated heterocycles. The van der Waals surface area contributed by atoms with Crippen LogP contribution in [0.5, 0.6) is 5.75 Å². The van der Waals surface area contributed by atoms with E-state index in [0.717, 1.165) is 42.6 Å². The van der Waals surface area contributed by atoms with Gasteiger partial charge in [0.15, 0.2) is 0 Å². The molecule has 0 aromatic heterocycles. The van der Waals surface area contributed by atoms with Crippen LogP contribution in [0, 0.1) is 17.8 Å². The van der Waals surface area contributed by atoms with Crippen molar-refractivity contribution < 1.29 is 48.3 Å². The number of para-hydroxylation sites is 1. The molecule has 13 heteroatoms. The summed E-state index contributed by atoms with van der Waals surface area (Å²) < 4.78 is 23.8. The van der Waals surface area contributed by atoms with E-state index in [-0.39, 0.29) is 45.1 Å². The highest BCUT2D eigenvalue weighted by Crippen LogP contribution is 2.67. The zero-order valence-electron chi connectivity index (χ0n) is 35.4. The van der Waals surface area contributed by atoms with E-state index < -0.39 is 59.4 Å². The molecule has 4 aliphatic heterocycles. The van der Waals surface area contributed by atoms with Crippen LogP contribution < -0.4 is 9.64 Å². The molecule has 3 amide bonds. The van der Waals surface area contributed by atoms with E-state index in [1.54, 1.807) is 41.3 Å². The lowest BCUT2D eigenvalue weighted by molar-refractivity contribution is -0.179. The molecule has 1 spiro atoms. The summed E-state index contributed by atoms with van der Waals surface area (Å²) in [5.74, 6) is 3.12. The summed E-state index contributed by atoms with van der Waals surface area (Å²) in [6.45, 7) is 0.197. The van der Waals surface area contributed by atoms with Crippen LogP contribution in [0.15, 0.2) is 103 Å². The predicted molar refractivity (Wildman–Crippen MR) is 232 cm³/mol. The molecule has 0 saturated carbocycles. The fourth-order valence-corrected chi connectivity index (χ4v) is 10.1. The number of methoxy groups -OCH3 is 1. The van der Waals surface area contributed by atoms with Crippen LogP contribution in [-0.4, -0.2) is 103 Å². The number of likely N-dealkylation sites (tertiary alicyclic amines) is 1. The zero-order chi connectivity index (χ0) is 43.9. The van der Waals surface area contributed by atoms with Gasteiger partial charge in [-0.3, -0.25) is 19.3 Å². The molecule has 3 fully saturated rings. The number of aliphatic hydroxyl groups is 2. The average molecular weight is 856 g/mol. The SMILES string of the molecule is COCCOC(=O)N1C(=O)[C@@]2(c3cc(C#CCCO)ccc31)[C@H](C(=O)N1CCCCCCC1)[C@H]1C(=O)O[C@H](c3ccccc3)[C@H](c3ccccc3)N1[C@@H]2c1ccccc1OCCO. The first kappa shape index (κ1) is 43.6. The number of rotatable bonds is 11. The van der Waals surface area contributed by atoms with E-state index in [0.29, 0.717) is 41.1 Å². The van der Waals surface area contributed by atoms with Crippen molar-refractivity contribution in [2.45, 2.75) is 68.2 Å². The molecule has 0 radical (unpaired) electrons. The van der Waals surface area contributed by atoms with Gasteiger partial charge in [-0.1, -0.05) is 110 Å². The van der Waals surface area contributed by atoms with Crippen molar-refractivity contribution in [2.24, 2.45) is 5.92 Å². The Kier molecular flexibility index (Phi) is 13.5. The van der Waals surface area contributed by atoms with E-state index in [1.165, 1.54) is 7.11 Å². The quantitative estimate of drug-likeness (QED) is 0.103. The van der Waals surface area contributed by atoms with Gasteiger partial charge in [0.25, 0.3) is 0 Å². The molecule has 2 N–H and O–H groups in total. The van der Waals surface area contributed by atoms with Gasteiger partial charge in [0.1, 0.15) is 36.5 Å². The Balaban J connectivity index is 1.48. The molecule has 0 aliphatic carbocycles. The third-order valence-electron chi connectivity index (χ3n) is 12.6. The van der Waals surface area contributed by atoms with Gasteiger partial charge in [0, 0.05) is 37.7 Å². The summed E-state index contributed by atoms with van der Waals surface area (Å²) in [5.41, 5.74) is 0.892. The Morgan fingerprint density at radius 3 is 2.17 bits per heavy atom. The minimum atomic E-state index is -2.01. The molecule has 328 valence electrons. The number of imide groups is 1. The van der Waals surface area contributed by atoms with Crippen LogP contribution in [0.3, 0.4) is 0 Å². The first-order valence-corrected chi connectivity index (χ1v) is 21.8. The molecular formula is C50H53N3O10. The molecule has 0 bridgehead atoms. The lowest BCUT2D eigenvalue weighted by Crippen LogP contribution is -2.56. The second-order valence-corrected chi connectivity index (χ2v) is 16.2. The van der Waals surface area contributed by atoms with Gasteiger partial charge in [0.05, 0.1) is 43.5 Å². The van der Waals surface area contributed by atoms with Crippen molar-refractivity contribution >= 4 is 29.6 Å². The molecular weight excluding hydrogens is 803 g/mol. The monoisotopic (exact) mass is 855 g/mol. The average Bonchev–Trinajstić information content (AvgIpc) is 3.75. The smallest absolute Gasteiger partial charge is 0.421 e. The highest BCUT2D eigenvalue weighted by Gasteiger charge is 2.76. The number of esters is 1. The highest BCUT2D eigenvalue weighted by molar-refractivity contribution is 6.23. The topological polar surface area (TPSA) is 155 Å². The number of carbonyl (C=O) groups is 4. The summed E-state index contributed by atoms with van der Waals surface area (Å²) in [4.78, 5) is 67.1. The lowest BCUT2D eigenvalue weighted by atomic mass is 9.64. The zero-order valence-corrected chi connectivity index (χ0v) is 35.4. The van der Waals surface area contributed by atoms with Crippen molar-refractivity contribution in [3.63, 3.8) is 0 Å². The van der Waals surface area contributed by atoms with Crippen molar-refractivity contribution in [2.75, 3.05) is 58.1 Å². The second-order valence-electron chi connectivity index (χ2n) is 16.2. The molecule has 0 unspecified atom stereocenters. The number of cyclic esters (lactones) is 1. The lowest BCUT2D eigenvalue weighted by Gasteiger charge is -2.46. The van der Waals surface area contributed by atoms with Gasteiger partial charge in [-0.15, -0.1) is 0 Å². The molecule has 13 nitrogen and oxygen atoms in total. The predicted octanol–water partition coefficient (Wildman–Crippen LogP) is 6.03. The van der Waals surface area contributed by atoms with Gasteiger partial charge < -0.3 is 34.1 Å². The number of ether oxygens (including phenoxy) is 4. The molecule has 4 heterocycles. The molecule has 8 rings (SSSR count). The largest absolute Gasteiger partial charge is 0.491 e. The van der Waals surface area contributed by atoms with Gasteiger partial charge in [0.2, 0.25) is 11.8 Å². The molecule has 4 aliphatic rings. The standard InChI is InChI=1S/C50H53N3O10/c1-60-31-32-62-49(59)52-39-25-24-34(17-13-16-28-54)33-38(39)50(48(52)58)41(46(56)51-26-14-3-2-4-15-27-51)43-47(57)63-44(36-20-9-6-10-21-36)42(35-18-7-5-8-19-35)53(43)45(50)37-22-11-12-23-40(37)61-30-29-55/h5-12,18-25,33,41-45,54-55H,2-4,14-16,26-32H2,1H3/t41-,42-,43-,44+,45+,50-/m0/s1. The minimum absolute atomic E-state index is 0.0702. The third kappa shape index (κ3) is 8.09. The summed E-state index contributed by atoms with van der Waals surface area (Å²) >= 11 is 0. The Hall–Kier alpha value is -6.04. The number of benzene rings is 4. The molecule has 4 aromatic rings. The van der Waals surface area contributed by atoms with Gasteiger partial charge in [-0.2, -0.15) is 0 Å². The summed E-state index contributed by atoms with van der Waals surface area (Å²) in [5, 5.41) is 19.7. The maximum Gasteiger partial charge on any atom is 0.421 e. The number of nitrogens with zero attached hydrogens (tertiary/aromatic N) is 3. The molecule has 63 heavy (non-hydrogen) atoms. The summed E-state index contributed by atoms with van der Waals surface area (Å²) in [6, 6.07) is 27.9. The van der Waals surface area contributed by atoms with Crippen molar-refractivity contribution in [3.05, 3.63) is 131 Å². The number of carbonyl (C=O) groups excluding carboxylic acids is 4. The first-order chi connectivity index (χ1) is 30.9. The maximum absolute atomic E-state index is 16.4. The number of hydrogen-bond donors (Lipinski definition) is 2. The number of amides is 3. The number of aliphatic hydroxyl groups excluding tert-OH is 2. The number of morpholine rings is 1. The van der Waals surface area contributed by atoms with E-state index in [4.69, 9.17) is 18.9 Å². The van der Waals surface area contributed by atoms with E-state index in [1.807, 2.05) is 71.6 Å². The van der Waals surface area contributed by atoms with E-state index >= 15 is 14.4 Å². The molecule has 6 atom stereocenters. The second kappa shape index (κ2) is 19.6. The number of anilines is 1. The van der Waals surface area contributed by atoms with Crippen LogP contribution in [-0.2, 0) is 34.0 Å². The minimum Gasteiger partial charge on any atom is -0.491 e. The summed E-state index contributed by atoms with van der Waals surface area (Å²) in [6.07, 6.45) is 2.67. The van der Waals surface area contributed by atoms with Crippen LogP contribution in [0.1, 0.15) is 84.5 Å². The Morgan fingerprint density at radius 2 is 1.48 bits per heavy atom. The van der Waals surface area contributed by atoms with Gasteiger partial charge in [-0.25, -0.2) is 9.69 Å². The first-order valence-electron chi connectivity index (χ1n) is 21.8. The van der Waals surface area contributed by atoms with Crippen molar-refractivity contribution in [1.29, 1.82) is 0 Å². The highest BCUT2D eigenvalue weighted by atomic mass is 16.6. The third-order valence-corrected chi connectivity index (χ3v) is 12.6. The maximum atomic E-state index is 16.4. The molecule has 4 aromatic carbocycles. The van der Waals surface area contributed by atoms with Crippen LogP contribution in [0.4, 0.5) is 10.5 Å². The van der Waals surface area contributed by atoms with Crippen molar-refractivity contribution in [3.8, 4) is 17.6 Å². The Bertz CT molecular complexity index is 2340. The summed E-state index contributed by atoms with van der Waals surface area (Å²) in [7, 11) is 1.47. The fraction of sp³-hybridized carbons (Fsp3) is 0.400. The Labute approximate surface area is 367 Å². The fourth-order valence-electron chi connectivity index (χ4n) is 10.1. The van der Waals surface area contributed by atoms with Crippen LogP contribution in [0.2, 0.25) is 0 Å². The van der Waals surface area contributed by atoms with Crippen LogP contribution >= 0.6 is 0 Å². The van der Waals surface area contributed by atoms with Gasteiger partial charge >= 0.3 is 12.1 Å². The Morgan fingerprint density at radius 1 is 0.794 bits per heavy atom. The van der Waals surface area contributed by atoms with Crippen LogP contribution in [0.25, 0.3) is 0 Å². The van der Waals surface area contributed by atoms with E-state index in [2.05, 4.69) is 11.8 Å².